The topological polar surface area (TPSA) is 151 Å². The van der Waals surface area contributed by atoms with Gasteiger partial charge in [0.05, 0.1) is 11.6 Å². The smallest absolute Gasteiger partial charge is 0.416 e. The van der Waals surface area contributed by atoms with Crippen molar-refractivity contribution in [2.24, 2.45) is 0 Å². The van der Waals surface area contributed by atoms with Crippen LogP contribution in [0.5, 0.6) is 5.75 Å². The number of hydrogen-bond acceptors (Lipinski definition) is 6. The molecule has 0 fully saturated rings. The number of hydrogen-bond donors (Lipinski definition) is 4. The Bertz CT molecular complexity index is 1330. The number of amides is 3. The predicted molar refractivity (Wildman–Crippen MR) is 123 cm³/mol. The highest BCUT2D eigenvalue weighted by Gasteiger charge is 2.31. The van der Waals surface area contributed by atoms with E-state index in [0.29, 0.717) is 6.07 Å². The highest BCUT2D eigenvalue weighted by molar-refractivity contribution is 6.40. The summed E-state index contributed by atoms with van der Waals surface area (Å²) in [5.74, 6) is -15.9. The summed E-state index contributed by atoms with van der Waals surface area (Å²) in [7, 11) is 0. The van der Waals surface area contributed by atoms with Crippen LogP contribution in [-0.2, 0) is 30.1 Å². The first-order chi connectivity index (χ1) is 19.0. The summed E-state index contributed by atoms with van der Waals surface area (Å²) in [4.78, 5) is 60.2. The Labute approximate surface area is 225 Å². The van der Waals surface area contributed by atoms with Crippen LogP contribution >= 0.6 is 0 Å². The van der Waals surface area contributed by atoms with Crippen LogP contribution in [0.25, 0.3) is 0 Å². The van der Waals surface area contributed by atoms with Crippen LogP contribution in [0.4, 0.5) is 36.4 Å². The van der Waals surface area contributed by atoms with Gasteiger partial charge < -0.3 is 25.8 Å². The summed E-state index contributed by atoms with van der Waals surface area (Å²) in [5, 5.41) is 14.7. The van der Waals surface area contributed by atoms with E-state index in [1.165, 1.54) is 0 Å². The van der Waals surface area contributed by atoms with Crippen molar-refractivity contribution in [3.8, 4) is 5.75 Å². The van der Waals surface area contributed by atoms with Gasteiger partial charge in [0.1, 0.15) is 12.6 Å². The van der Waals surface area contributed by atoms with Crippen LogP contribution < -0.4 is 20.7 Å². The van der Waals surface area contributed by atoms with Crippen molar-refractivity contribution < 1.29 is 64.5 Å². The summed E-state index contributed by atoms with van der Waals surface area (Å²) >= 11 is 0. The Morgan fingerprint density at radius 2 is 1.54 bits per heavy atom. The lowest BCUT2D eigenvalue weighted by Gasteiger charge is -2.20. The fourth-order valence-corrected chi connectivity index (χ4v) is 3.09. The molecule has 0 radical (unpaired) electrons. The standard InChI is InChI=1S/C24H20F7N3O7/c1-10(32-22(39)23(40)33-12-4-2-3-11(7-12)24(29,30)31)21(38)34-15(5-6-17(36)37)16(35)9-41-20-18(27)13(25)8-14(26)19(20)28/h2-4,7-8,10,15H,5-6,9H2,1H3,(H,32,39)(H,33,40)(H,34,38)(H,36,37)/t10-,15-/m0/s1. The number of aliphatic carboxylic acids is 1. The van der Waals surface area contributed by atoms with Crippen molar-refractivity contribution in [1.29, 1.82) is 0 Å². The molecule has 0 aliphatic rings. The van der Waals surface area contributed by atoms with Crippen molar-refractivity contribution in [3.63, 3.8) is 0 Å². The molecule has 41 heavy (non-hydrogen) atoms. The normalized spacial score (nSPS) is 12.6. The van der Waals surface area contributed by atoms with E-state index in [4.69, 9.17) is 5.11 Å². The van der Waals surface area contributed by atoms with Gasteiger partial charge >= 0.3 is 24.0 Å². The van der Waals surface area contributed by atoms with Crippen molar-refractivity contribution in [1.82, 2.24) is 10.6 Å². The fourth-order valence-electron chi connectivity index (χ4n) is 3.09. The number of carboxylic acids is 1. The number of anilines is 1. The third-order valence-corrected chi connectivity index (χ3v) is 5.18. The van der Waals surface area contributed by atoms with Crippen LogP contribution in [0, 0.1) is 23.3 Å². The van der Waals surface area contributed by atoms with Crippen molar-refractivity contribution in [2.75, 3.05) is 11.9 Å². The average Bonchev–Trinajstić information content (AvgIpc) is 2.89. The molecular weight excluding hydrogens is 575 g/mol. The molecule has 0 unspecified atom stereocenters. The van der Waals surface area contributed by atoms with Gasteiger partial charge in [-0.05, 0) is 31.5 Å². The lowest BCUT2D eigenvalue weighted by molar-refractivity contribution is -0.139. The molecule has 3 amide bonds. The SMILES string of the molecule is C[C@H](NC(=O)C(=O)Nc1cccc(C(F)(F)F)c1)C(=O)N[C@@H](CCC(=O)O)C(=O)COc1c(F)c(F)cc(F)c1F. The van der Waals surface area contributed by atoms with Crippen LogP contribution in [0.3, 0.4) is 0 Å². The number of ketones is 1. The van der Waals surface area contributed by atoms with E-state index in [2.05, 4.69) is 4.74 Å². The van der Waals surface area contributed by atoms with E-state index in [1.54, 1.807) is 0 Å². The summed E-state index contributed by atoms with van der Waals surface area (Å²) in [6.07, 6.45) is -6.04. The third kappa shape index (κ3) is 9.18. The highest BCUT2D eigenvalue weighted by Crippen LogP contribution is 2.30. The number of rotatable bonds is 11. The minimum atomic E-state index is -4.73. The fraction of sp³-hybridized carbons (Fsp3) is 0.292. The molecule has 10 nitrogen and oxygen atoms in total. The van der Waals surface area contributed by atoms with Crippen LogP contribution in [0.1, 0.15) is 25.3 Å². The number of nitrogens with one attached hydrogen (secondary N) is 3. The molecular formula is C24H20F7N3O7. The van der Waals surface area contributed by atoms with Crippen LogP contribution in [-0.4, -0.2) is 53.3 Å². The van der Waals surface area contributed by atoms with E-state index in [-0.39, 0.29) is 11.8 Å². The number of Topliss-reactive ketones (excluding diaryl/α,β-unsaturated/α-hetero) is 1. The number of benzene rings is 2. The molecule has 0 aliphatic heterocycles. The number of carbonyl (C=O) groups is 5. The second-order valence-corrected chi connectivity index (χ2v) is 8.27. The zero-order valence-electron chi connectivity index (χ0n) is 20.7. The first kappa shape index (κ1) is 32.5. The monoisotopic (exact) mass is 595 g/mol. The number of carboxylic acid groups (broad SMARTS) is 1. The molecule has 0 saturated heterocycles. The van der Waals surface area contributed by atoms with Gasteiger partial charge in [-0.1, -0.05) is 6.07 Å². The second kappa shape index (κ2) is 13.6. The minimum Gasteiger partial charge on any atom is -0.481 e. The van der Waals surface area contributed by atoms with E-state index in [1.807, 2.05) is 16.0 Å². The van der Waals surface area contributed by atoms with Crippen LogP contribution in [0.2, 0.25) is 0 Å². The Kier molecular flexibility index (Phi) is 10.8. The molecule has 17 heteroatoms. The average molecular weight is 595 g/mol. The lowest BCUT2D eigenvalue weighted by Crippen LogP contribution is -2.52. The second-order valence-electron chi connectivity index (χ2n) is 8.27. The molecule has 0 heterocycles. The van der Waals surface area contributed by atoms with Crippen molar-refractivity contribution >= 4 is 35.2 Å². The number of alkyl halides is 3. The maximum atomic E-state index is 13.8. The lowest BCUT2D eigenvalue weighted by atomic mass is 10.1. The first-order valence-electron chi connectivity index (χ1n) is 11.3. The molecule has 0 bridgehead atoms. The molecule has 0 aliphatic carbocycles. The summed E-state index contributed by atoms with van der Waals surface area (Å²) in [6, 6.07) is -0.0865. The Morgan fingerprint density at radius 1 is 0.927 bits per heavy atom. The number of ether oxygens (including phenoxy) is 1. The summed E-state index contributed by atoms with van der Waals surface area (Å²) < 4.78 is 97.2. The number of carbonyl (C=O) groups excluding carboxylic acids is 4. The Morgan fingerprint density at radius 3 is 2.10 bits per heavy atom. The molecule has 2 atom stereocenters. The van der Waals surface area contributed by atoms with Gasteiger partial charge in [-0.15, -0.1) is 0 Å². The maximum Gasteiger partial charge on any atom is 0.416 e. The van der Waals surface area contributed by atoms with Gasteiger partial charge in [0.25, 0.3) is 0 Å². The third-order valence-electron chi connectivity index (χ3n) is 5.18. The quantitative estimate of drug-likeness (QED) is 0.177. The van der Waals surface area contributed by atoms with Crippen molar-refractivity contribution in [3.05, 3.63) is 59.2 Å². The largest absolute Gasteiger partial charge is 0.481 e. The van der Waals surface area contributed by atoms with Crippen LogP contribution in [0.15, 0.2) is 30.3 Å². The Hall–Kier alpha value is -4.70. The van der Waals surface area contributed by atoms with E-state index >= 15 is 0 Å². The van der Waals surface area contributed by atoms with Gasteiger partial charge in [0, 0.05) is 18.2 Å². The van der Waals surface area contributed by atoms with E-state index in [0.717, 1.165) is 25.1 Å². The molecule has 222 valence electrons. The maximum absolute atomic E-state index is 13.8. The van der Waals surface area contributed by atoms with Gasteiger partial charge in [0.2, 0.25) is 17.5 Å². The molecule has 0 spiro atoms. The zero-order valence-corrected chi connectivity index (χ0v) is 20.7. The molecule has 4 N–H and O–H groups in total. The summed E-state index contributed by atoms with van der Waals surface area (Å²) in [5.41, 5.74) is -1.50. The van der Waals surface area contributed by atoms with Gasteiger partial charge in [0.15, 0.2) is 23.2 Å². The summed E-state index contributed by atoms with van der Waals surface area (Å²) in [6.45, 7) is -0.248. The first-order valence-corrected chi connectivity index (χ1v) is 11.3. The van der Waals surface area contributed by atoms with Crippen molar-refractivity contribution in [2.45, 2.75) is 38.0 Å². The zero-order chi connectivity index (χ0) is 31.1. The molecule has 0 saturated carbocycles. The van der Waals surface area contributed by atoms with Gasteiger partial charge in [-0.3, -0.25) is 24.0 Å². The highest BCUT2D eigenvalue weighted by atomic mass is 19.4. The van der Waals surface area contributed by atoms with E-state index in [9.17, 15) is 54.7 Å². The molecule has 2 aromatic rings. The molecule has 2 rings (SSSR count). The Balaban J connectivity index is 2.05. The molecule has 2 aromatic carbocycles. The predicted octanol–water partition coefficient (Wildman–Crippen LogP) is 2.70. The van der Waals surface area contributed by atoms with Gasteiger partial charge in [-0.25, -0.2) is 8.78 Å². The van der Waals surface area contributed by atoms with Gasteiger partial charge in [-0.2, -0.15) is 22.0 Å². The molecule has 0 aromatic heterocycles. The minimum absolute atomic E-state index is 0.106. The number of halogens is 7. The van der Waals surface area contributed by atoms with E-state index < -0.39 is 102 Å².